The van der Waals surface area contributed by atoms with E-state index in [1.165, 1.54) is 6.07 Å². The summed E-state index contributed by atoms with van der Waals surface area (Å²) in [5.41, 5.74) is 0.330. The first-order valence-corrected chi connectivity index (χ1v) is 7.54. The first kappa shape index (κ1) is 15.0. The first-order chi connectivity index (χ1) is 9.52. The summed E-state index contributed by atoms with van der Waals surface area (Å²) in [5, 5.41) is 17.1. The number of carboxylic acids is 1. The third-order valence-electron chi connectivity index (χ3n) is 2.53. The minimum Gasteiger partial charge on any atom is -0.481 e. The predicted molar refractivity (Wildman–Crippen MR) is 77.1 cm³/mol. The molecule has 0 fully saturated rings. The molecule has 0 unspecified atom stereocenters. The summed E-state index contributed by atoms with van der Waals surface area (Å²) in [4.78, 5) is 10.6. The fourth-order valence-corrected chi connectivity index (χ4v) is 2.76. The molecule has 0 aliphatic carbocycles. The van der Waals surface area contributed by atoms with E-state index < -0.39 is 11.8 Å². The molecule has 106 valence electrons. The van der Waals surface area contributed by atoms with Gasteiger partial charge in [-0.2, -0.15) is 0 Å². The molecule has 20 heavy (non-hydrogen) atoms. The Bertz CT molecular complexity index is 648. The zero-order chi connectivity index (χ0) is 14.7. The highest BCUT2D eigenvalue weighted by atomic mass is 79.9. The highest BCUT2D eigenvalue weighted by Gasteiger charge is 2.17. The van der Waals surface area contributed by atoms with E-state index in [-0.39, 0.29) is 5.75 Å². The lowest BCUT2D eigenvalue weighted by Gasteiger charge is -2.07. The third-order valence-corrected chi connectivity index (χ3v) is 3.97. The molecule has 1 heterocycles. The molecule has 1 aromatic heterocycles. The second kappa shape index (κ2) is 6.36. The smallest absolute Gasteiger partial charge is 0.313 e. The number of halogens is 2. The van der Waals surface area contributed by atoms with Gasteiger partial charge >= 0.3 is 5.97 Å². The molecule has 0 aliphatic rings. The van der Waals surface area contributed by atoms with E-state index in [1.54, 1.807) is 16.7 Å². The first-order valence-electron chi connectivity index (χ1n) is 5.76. The number of thioether (sulfide) groups is 1. The number of hydrogen-bond acceptors (Lipinski definition) is 4. The van der Waals surface area contributed by atoms with Gasteiger partial charge in [0.1, 0.15) is 5.82 Å². The van der Waals surface area contributed by atoms with Crippen molar-refractivity contribution in [3.63, 3.8) is 0 Å². The molecule has 2 aromatic rings. The molecule has 0 saturated carbocycles. The van der Waals surface area contributed by atoms with Crippen LogP contribution in [0.5, 0.6) is 0 Å². The predicted octanol–water partition coefficient (Wildman–Crippen LogP) is 3.04. The monoisotopic (exact) mass is 359 g/mol. The second-order valence-electron chi connectivity index (χ2n) is 3.86. The van der Waals surface area contributed by atoms with Gasteiger partial charge in [-0.25, -0.2) is 4.39 Å². The highest BCUT2D eigenvalue weighted by Crippen LogP contribution is 2.28. The summed E-state index contributed by atoms with van der Waals surface area (Å²) < 4.78 is 16.3. The normalized spacial score (nSPS) is 10.8. The van der Waals surface area contributed by atoms with Crippen LogP contribution in [0, 0.1) is 5.82 Å². The van der Waals surface area contributed by atoms with Gasteiger partial charge in [-0.1, -0.05) is 27.7 Å². The van der Waals surface area contributed by atoms with Gasteiger partial charge in [0.15, 0.2) is 11.0 Å². The Morgan fingerprint density at radius 2 is 2.25 bits per heavy atom. The lowest BCUT2D eigenvalue weighted by atomic mass is 10.2. The summed E-state index contributed by atoms with van der Waals surface area (Å²) in [7, 11) is 0. The average Bonchev–Trinajstić information content (AvgIpc) is 2.81. The molecule has 1 aromatic carbocycles. The second-order valence-corrected chi connectivity index (χ2v) is 5.72. The van der Waals surface area contributed by atoms with E-state index in [4.69, 9.17) is 5.11 Å². The number of rotatable bonds is 5. The van der Waals surface area contributed by atoms with Gasteiger partial charge in [0.05, 0.1) is 11.3 Å². The van der Waals surface area contributed by atoms with Crippen molar-refractivity contribution in [3.8, 4) is 11.4 Å². The Kier molecular flexibility index (Phi) is 4.77. The largest absolute Gasteiger partial charge is 0.481 e. The molecule has 8 heteroatoms. The van der Waals surface area contributed by atoms with Gasteiger partial charge in [-0.3, -0.25) is 4.79 Å². The van der Waals surface area contributed by atoms with Gasteiger partial charge in [0, 0.05) is 11.0 Å². The standard InChI is InChI=1S/C12H11BrFN3O2S/c1-2-17-11(8-5-7(13)3-4-9(8)14)15-16-12(17)20-6-10(18)19/h3-5H,2,6H2,1H3,(H,18,19). The van der Waals surface area contributed by atoms with Crippen molar-refractivity contribution in [1.29, 1.82) is 0 Å². The molecule has 0 amide bonds. The molecular formula is C12H11BrFN3O2S. The SMILES string of the molecule is CCn1c(SCC(=O)O)nnc1-c1cc(Br)ccc1F. The zero-order valence-electron chi connectivity index (χ0n) is 10.5. The molecule has 0 aliphatic heterocycles. The van der Waals surface area contributed by atoms with Crippen molar-refractivity contribution < 1.29 is 14.3 Å². The summed E-state index contributed by atoms with van der Waals surface area (Å²) >= 11 is 4.35. The number of benzene rings is 1. The van der Waals surface area contributed by atoms with Gasteiger partial charge in [-0.05, 0) is 25.1 Å². The van der Waals surface area contributed by atoms with Crippen LogP contribution in [-0.2, 0) is 11.3 Å². The Morgan fingerprint density at radius 1 is 1.50 bits per heavy atom. The minimum absolute atomic E-state index is 0.112. The Morgan fingerprint density at radius 3 is 2.90 bits per heavy atom. The number of nitrogens with zero attached hydrogens (tertiary/aromatic N) is 3. The zero-order valence-corrected chi connectivity index (χ0v) is 12.9. The quantitative estimate of drug-likeness (QED) is 0.831. The van der Waals surface area contributed by atoms with Crippen LogP contribution in [0.3, 0.4) is 0 Å². The summed E-state index contributed by atoms with van der Waals surface area (Å²) in [6.07, 6.45) is 0. The molecule has 0 bridgehead atoms. The van der Waals surface area contributed by atoms with Crippen molar-refractivity contribution in [3.05, 3.63) is 28.5 Å². The number of carboxylic acid groups (broad SMARTS) is 1. The van der Waals surface area contributed by atoms with E-state index in [2.05, 4.69) is 26.1 Å². The Hall–Kier alpha value is -1.41. The molecule has 0 atom stereocenters. The van der Waals surface area contributed by atoms with Gasteiger partial charge in [0.25, 0.3) is 0 Å². The van der Waals surface area contributed by atoms with Gasteiger partial charge < -0.3 is 9.67 Å². The molecule has 0 radical (unpaired) electrons. The number of aliphatic carboxylic acids is 1. The third kappa shape index (κ3) is 3.18. The van der Waals surface area contributed by atoms with Crippen molar-refractivity contribution in [2.45, 2.75) is 18.6 Å². The summed E-state index contributed by atoms with van der Waals surface area (Å²) in [6, 6.07) is 4.57. The summed E-state index contributed by atoms with van der Waals surface area (Å²) in [5.74, 6) is -1.06. The molecular weight excluding hydrogens is 349 g/mol. The van der Waals surface area contributed by atoms with Crippen LogP contribution >= 0.6 is 27.7 Å². The van der Waals surface area contributed by atoms with Gasteiger partial charge in [0.2, 0.25) is 0 Å². The Balaban J connectivity index is 2.42. The molecule has 1 N–H and O–H groups in total. The van der Waals surface area contributed by atoms with Crippen molar-refractivity contribution in [2.24, 2.45) is 0 Å². The van der Waals surface area contributed by atoms with Crippen LogP contribution < -0.4 is 0 Å². The molecule has 0 spiro atoms. The van der Waals surface area contributed by atoms with E-state index >= 15 is 0 Å². The van der Waals surface area contributed by atoms with Crippen LogP contribution in [0.15, 0.2) is 27.8 Å². The number of hydrogen-bond donors (Lipinski definition) is 1. The molecule has 5 nitrogen and oxygen atoms in total. The summed E-state index contributed by atoms with van der Waals surface area (Å²) in [6.45, 7) is 2.39. The van der Waals surface area contributed by atoms with Crippen molar-refractivity contribution >= 4 is 33.7 Å². The van der Waals surface area contributed by atoms with Crippen LogP contribution in [0.2, 0.25) is 0 Å². The van der Waals surface area contributed by atoms with Gasteiger partial charge in [-0.15, -0.1) is 10.2 Å². The van der Waals surface area contributed by atoms with Crippen molar-refractivity contribution in [2.75, 3.05) is 5.75 Å². The topological polar surface area (TPSA) is 68.0 Å². The molecule has 2 rings (SSSR count). The number of carbonyl (C=O) groups is 1. The molecule has 0 saturated heterocycles. The van der Waals surface area contributed by atoms with Crippen LogP contribution in [0.4, 0.5) is 4.39 Å². The lowest BCUT2D eigenvalue weighted by molar-refractivity contribution is -0.133. The van der Waals surface area contributed by atoms with Crippen LogP contribution in [0.25, 0.3) is 11.4 Å². The maximum atomic E-state index is 13.9. The fourth-order valence-electron chi connectivity index (χ4n) is 1.67. The van der Waals surface area contributed by atoms with E-state index in [1.807, 2.05) is 6.92 Å². The minimum atomic E-state index is -0.934. The Labute approximate surface area is 127 Å². The average molecular weight is 360 g/mol. The maximum Gasteiger partial charge on any atom is 0.313 e. The lowest BCUT2D eigenvalue weighted by Crippen LogP contribution is -2.04. The maximum absolute atomic E-state index is 13.9. The van der Waals surface area contributed by atoms with Crippen molar-refractivity contribution in [1.82, 2.24) is 14.8 Å². The highest BCUT2D eigenvalue weighted by molar-refractivity contribution is 9.10. The van der Waals surface area contributed by atoms with E-state index in [0.29, 0.717) is 23.1 Å². The van der Waals surface area contributed by atoms with Crippen LogP contribution in [-0.4, -0.2) is 31.6 Å². The van der Waals surface area contributed by atoms with Crippen LogP contribution in [0.1, 0.15) is 6.92 Å². The van der Waals surface area contributed by atoms with E-state index in [9.17, 15) is 9.18 Å². The van der Waals surface area contributed by atoms with E-state index in [0.717, 1.165) is 16.2 Å². The fraction of sp³-hybridized carbons (Fsp3) is 0.250. The number of aromatic nitrogens is 3.